The lowest BCUT2D eigenvalue weighted by atomic mass is 10.1. The molecular weight excluding hydrogens is 442 g/mol. The van der Waals surface area contributed by atoms with Crippen molar-refractivity contribution >= 4 is 41.0 Å². The average molecular weight is 466 g/mol. The molecule has 1 heterocycles. The molecule has 0 amide bonds. The van der Waals surface area contributed by atoms with Crippen molar-refractivity contribution in [3.63, 3.8) is 0 Å². The van der Waals surface area contributed by atoms with Gasteiger partial charge in [-0.1, -0.05) is 47.6 Å². The Balaban J connectivity index is 0.00000155. The van der Waals surface area contributed by atoms with Gasteiger partial charge in [0.1, 0.15) is 24.7 Å². The van der Waals surface area contributed by atoms with Crippen molar-refractivity contribution in [1.82, 2.24) is 4.98 Å². The van der Waals surface area contributed by atoms with Gasteiger partial charge in [-0.15, -0.1) is 11.3 Å². The fraction of sp³-hybridized carbons (Fsp3) is 0.273. The number of halogens is 1. The summed E-state index contributed by atoms with van der Waals surface area (Å²) >= 11 is 8.71. The van der Waals surface area contributed by atoms with Gasteiger partial charge < -0.3 is 19.7 Å². The number of carbonyl (C=O) groups excluding carboxylic acids is 1. The van der Waals surface area contributed by atoms with Gasteiger partial charge in [0.05, 0.1) is 10.4 Å². The van der Waals surface area contributed by atoms with E-state index in [1.807, 2.05) is 62.4 Å². The maximum Gasteiger partial charge on any atom is 0.151 e. The molecule has 3 rings (SSSR count). The van der Waals surface area contributed by atoms with Gasteiger partial charge in [0.25, 0.3) is 0 Å². The molecule has 0 aliphatic rings. The highest BCUT2D eigenvalue weighted by molar-refractivity contribution is 8.02. The SMILES string of the molecule is CC(C)(C=O)Sc1nc(C(O)COc2ccc(-c3ccc(Cl)cc3)cc2)cs1.CO. The average Bonchev–Trinajstić information content (AvgIpc) is 3.22. The number of nitrogens with zero attached hydrogens (tertiary/aromatic N) is 1. The summed E-state index contributed by atoms with van der Waals surface area (Å²) in [5, 5.41) is 19.8. The third-order valence-corrected chi connectivity index (χ3v) is 6.25. The zero-order chi connectivity index (χ0) is 22.1. The van der Waals surface area contributed by atoms with E-state index in [9.17, 15) is 9.90 Å². The number of carbonyl (C=O) groups is 1. The molecule has 3 aromatic rings. The van der Waals surface area contributed by atoms with Crippen LogP contribution in [0.15, 0.2) is 58.3 Å². The zero-order valence-corrected chi connectivity index (χ0v) is 19.3. The van der Waals surface area contributed by atoms with Gasteiger partial charge in [-0.25, -0.2) is 4.98 Å². The van der Waals surface area contributed by atoms with Crippen LogP contribution in [0.25, 0.3) is 11.1 Å². The van der Waals surface area contributed by atoms with Gasteiger partial charge in [-0.2, -0.15) is 0 Å². The van der Waals surface area contributed by atoms with Crippen molar-refractivity contribution in [2.45, 2.75) is 29.0 Å². The van der Waals surface area contributed by atoms with E-state index in [4.69, 9.17) is 21.4 Å². The van der Waals surface area contributed by atoms with Crippen LogP contribution in [0.2, 0.25) is 5.02 Å². The van der Waals surface area contributed by atoms with Crippen molar-refractivity contribution in [3.05, 3.63) is 64.6 Å². The number of hydrogen-bond acceptors (Lipinski definition) is 7. The van der Waals surface area contributed by atoms with Crippen LogP contribution in [0.1, 0.15) is 25.6 Å². The van der Waals surface area contributed by atoms with Gasteiger partial charge in [-0.3, -0.25) is 0 Å². The highest BCUT2D eigenvalue weighted by Gasteiger charge is 2.21. The molecule has 0 bridgehead atoms. The Morgan fingerprint density at radius 3 is 2.27 bits per heavy atom. The smallest absolute Gasteiger partial charge is 0.151 e. The number of rotatable bonds is 8. The molecule has 2 N–H and O–H groups in total. The Morgan fingerprint density at radius 2 is 1.70 bits per heavy atom. The van der Waals surface area contributed by atoms with Crippen LogP contribution in [0, 0.1) is 0 Å². The fourth-order valence-electron chi connectivity index (χ4n) is 2.36. The molecule has 0 aliphatic heterocycles. The predicted molar refractivity (Wildman–Crippen MR) is 124 cm³/mol. The molecule has 1 atom stereocenters. The quantitative estimate of drug-likeness (QED) is 0.349. The van der Waals surface area contributed by atoms with E-state index >= 15 is 0 Å². The maximum absolute atomic E-state index is 11.0. The number of benzene rings is 2. The second-order valence-electron chi connectivity index (χ2n) is 6.72. The van der Waals surface area contributed by atoms with E-state index in [0.717, 1.165) is 28.9 Å². The molecule has 1 aromatic heterocycles. The summed E-state index contributed by atoms with van der Waals surface area (Å²) in [7, 11) is 1.00. The minimum absolute atomic E-state index is 0.102. The fourth-order valence-corrected chi connectivity index (χ4v) is 4.71. The Kier molecular flexibility index (Phi) is 9.33. The van der Waals surface area contributed by atoms with E-state index in [1.54, 1.807) is 5.38 Å². The number of aliphatic hydroxyl groups excluding tert-OH is 2. The van der Waals surface area contributed by atoms with Gasteiger partial charge in [0.2, 0.25) is 0 Å². The molecule has 0 saturated carbocycles. The van der Waals surface area contributed by atoms with Gasteiger partial charge in [-0.05, 0) is 49.2 Å². The van der Waals surface area contributed by atoms with E-state index in [2.05, 4.69) is 4.98 Å². The first-order chi connectivity index (χ1) is 14.4. The topological polar surface area (TPSA) is 79.7 Å². The second kappa shape index (κ2) is 11.5. The number of aldehydes is 1. The molecule has 1 unspecified atom stereocenters. The zero-order valence-electron chi connectivity index (χ0n) is 16.9. The molecule has 30 heavy (non-hydrogen) atoms. The van der Waals surface area contributed by atoms with Crippen molar-refractivity contribution in [2.75, 3.05) is 13.7 Å². The summed E-state index contributed by atoms with van der Waals surface area (Å²) < 4.78 is 5.90. The van der Waals surface area contributed by atoms with E-state index in [-0.39, 0.29) is 6.61 Å². The van der Waals surface area contributed by atoms with Crippen molar-refractivity contribution in [2.24, 2.45) is 0 Å². The Morgan fingerprint density at radius 1 is 1.13 bits per heavy atom. The summed E-state index contributed by atoms with van der Waals surface area (Å²) in [5.74, 6) is 0.670. The standard InChI is InChI=1S/C21H20ClNO3S2.CH4O/c1-21(2,13-24)28-20-23-18(12-27-20)19(25)11-26-17-9-5-15(6-10-17)14-3-7-16(22)8-4-14;1-2/h3-10,12-13,19,25H,11H2,1-2H3;2H,1H3. The first-order valence-corrected chi connectivity index (χ1v) is 11.2. The number of thioether (sulfide) groups is 1. The lowest BCUT2D eigenvalue weighted by Crippen LogP contribution is -2.15. The van der Waals surface area contributed by atoms with Crippen LogP contribution >= 0.6 is 34.7 Å². The number of aliphatic hydroxyl groups is 2. The summed E-state index contributed by atoms with van der Waals surface area (Å²) in [4.78, 5) is 15.4. The second-order valence-corrected chi connectivity index (χ2v) is 9.92. The van der Waals surface area contributed by atoms with Crippen LogP contribution in [0.4, 0.5) is 0 Å². The van der Waals surface area contributed by atoms with E-state index in [1.165, 1.54) is 23.1 Å². The number of ether oxygens (including phenoxy) is 1. The first kappa shape index (κ1) is 24.4. The third kappa shape index (κ3) is 7.11. The molecule has 8 heteroatoms. The largest absolute Gasteiger partial charge is 0.490 e. The Labute approximate surface area is 189 Å². The first-order valence-electron chi connectivity index (χ1n) is 9.09. The Bertz CT molecular complexity index is 927. The summed E-state index contributed by atoms with van der Waals surface area (Å²) in [5.41, 5.74) is 2.68. The molecule has 0 radical (unpaired) electrons. The van der Waals surface area contributed by atoms with Crippen molar-refractivity contribution in [3.8, 4) is 16.9 Å². The minimum atomic E-state index is -0.833. The van der Waals surface area contributed by atoms with Crippen LogP contribution in [0.3, 0.4) is 0 Å². The molecule has 0 spiro atoms. The van der Waals surface area contributed by atoms with Crippen molar-refractivity contribution < 1.29 is 19.7 Å². The lowest BCUT2D eigenvalue weighted by molar-refractivity contribution is -0.109. The predicted octanol–water partition coefficient (Wildman–Crippen LogP) is 5.25. The van der Waals surface area contributed by atoms with E-state index < -0.39 is 10.9 Å². The van der Waals surface area contributed by atoms with Crippen LogP contribution in [0.5, 0.6) is 5.75 Å². The van der Waals surface area contributed by atoms with E-state index in [0.29, 0.717) is 16.5 Å². The van der Waals surface area contributed by atoms with Crippen LogP contribution in [-0.2, 0) is 4.79 Å². The summed E-state index contributed by atoms with van der Waals surface area (Å²) in [6.45, 7) is 3.77. The van der Waals surface area contributed by atoms with Crippen LogP contribution < -0.4 is 4.74 Å². The molecule has 160 valence electrons. The third-order valence-electron chi connectivity index (χ3n) is 3.92. The monoisotopic (exact) mass is 465 g/mol. The maximum atomic E-state index is 11.0. The lowest BCUT2D eigenvalue weighted by Gasteiger charge is -2.13. The molecule has 0 fully saturated rings. The number of aromatic nitrogens is 1. The summed E-state index contributed by atoms with van der Waals surface area (Å²) in [6, 6.07) is 15.3. The normalized spacial score (nSPS) is 11.9. The number of thiazole rings is 1. The number of hydrogen-bond donors (Lipinski definition) is 2. The molecule has 0 saturated heterocycles. The van der Waals surface area contributed by atoms with Crippen LogP contribution in [-0.4, -0.2) is 39.9 Å². The van der Waals surface area contributed by atoms with Gasteiger partial charge >= 0.3 is 0 Å². The molecule has 2 aromatic carbocycles. The molecule has 5 nitrogen and oxygen atoms in total. The Hall–Kier alpha value is -1.90. The van der Waals surface area contributed by atoms with Crippen molar-refractivity contribution in [1.29, 1.82) is 0 Å². The summed E-state index contributed by atoms with van der Waals surface area (Å²) in [6.07, 6.45) is 0.0623. The molecular formula is C22H24ClNO4S2. The van der Waals surface area contributed by atoms with Gasteiger partial charge in [0.15, 0.2) is 4.34 Å². The molecule has 0 aliphatic carbocycles. The highest BCUT2D eigenvalue weighted by Crippen LogP contribution is 2.34. The minimum Gasteiger partial charge on any atom is -0.490 e. The van der Waals surface area contributed by atoms with Gasteiger partial charge in [0, 0.05) is 17.5 Å². The highest BCUT2D eigenvalue weighted by atomic mass is 35.5.